The number of likely N-dealkylation sites (N-methyl/N-ethyl adjacent to an activating group) is 1. The lowest BCUT2D eigenvalue weighted by molar-refractivity contribution is -0.120. The maximum Gasteiger partial charge on any atom is 0.226 e. The number of hydrogen-bond acceptors (Lipinski definition) is 3. The molecule has 0 atom stereocenters. The highest BCUT2D eigenvalue weighted by Gasteiger charge is 2.17. The number of pyridine rings is 1. The first-order valence-electron chi connectivity index (χ1n) is 10.5. The lowest BCUT2D eigenvalue weighted by Crippen LogP contribution is -2.35. The largest absolute Gasteiger partial charge is 0.354 e. The monoisotopic (exact) mass is 392 g/mol. The lowest BCUT2D eigenvalue weighted by atomic mass is 10.0. The Labute approximate surface area is 173 Å². The highest BCUT2D eigenvalue weighted by Crippen LogP contribution is 2.27. The van der Waals surface area contributed by atoms with Crippen molar-refractivity contribution in [3.05, 3.63) is 58.9 Å². The molecular formula is C24H32N4O. The van der Waals surface area contributed by atoms with Crippen LogP contribution in [-0.4, -0.2) is 46.4 Å². The van der Waals surface area contributed by atoms with Gasteiger partial charge in [0.15, 0.2) is 0 Å². The van der Waals surface area contributed by atoms with Crippen LogP contribution in [0.5, 0.6) is 0 Å². The molecule has 3 rings (SSSR count). The molecule has 0 unspecified atom stereocenters. The van der Waals surface area contributed by atoms with Gasteiger partial charge in [0.05, 0.1) is 17.8 Å². The van der Waals surface area contributed by atoms with E-state index < -0.39 is 0 Å². The lowest BCUT2D eigenvalue weighted by Gasteiger charge is -2.18. The highest BCUT2D eigenvalue weighted by molar-refractivity contribution is 5.81. The van der Waals surface area contributed by atoms with Crippen LogP contribution < -0.4 is 5.32 Å². The Hall–Kier alpha value is -2.66. The molecule has 0 radical (unpaired) electrons. The van der Waals surface area contributed by atoms with E-state index in [1.165, 1.54) is 11.1 Å². The fourth-order valence-electron chi connectivity index (χ4n) is 3.59. The summed E-state index contributed by atoms with van der Waals surface area (Å²) in [7, 11) is 0. The van der Waals surface area contributed by atoms with Gasteiger partial charge in [0.2, 0.25) is 5.91 Å². The van der Waals surface area contributed by atoms with Crippen LogP contribution in [0.3, 0.4) is 0 Å². The zero-order valence-corrected chi connectivity index (χ0v) is 18.2. The highest BCUT2D eigenvalue weighted by atomic mass is 16.1. The number of imidazole rings is 1. The van der Waals surface area contributed by atoms with Crippen molar-refractivity contribution in [3.8, 4) is 11.3 Å². The molecule has 0 bridgehead atoms. The number of nitrogens with zero attached hydrogens (tertiary/aromatic N) is 3. The molecule has 29 heavy (non-hydrogen) atoms. The third kappa shape index (κ3) is 4.85. The van der Waals surface area contributed by atoms with Gasteiger partial charge in [-0.3, -0.25) is 4.79 Å². The SMILES string of the molecule is CCN(CC)CCNC(=O)Cc1c(-c2ccc(C)c(C)c2)nc2cc(C)ccn12. The van der Waals surface area contributed by atoms with Crippen molar-refractivity contribution < 1.29 is 4.79 Å². The van der Waals surface area contributed by atoms with E-state index in [0.717, 1.165) is 47.8 Å². The van der Waals surface area contributed by atoms with Crippen molar-refractivity contribution in [1.82, 2.24) is 19.6 Å². The number of nitrogens with one attached hydrogen (secondary N) is 1. The number of carbonyl (C=O) groups is 1. The summed E-state index contributed by atoms with van der Waals surface area (Å²) in [4.78, 5) is 19.9. The molecule has 1 N–H and O–H groups in total. The van der Waals surface area contributed by atoms with E-state index in [9.17, 15) is 4.79 Å². The van der Waals surface area contributed by atoms with Crippen molar-refractivity contribution in [3.63, 3.8) is 0 Å². The van der Waals surface area contributed by atoms with Gasteiger partial charge in [0, 0.05) is 24.8 Å². The van der Waals surface area contributed by atoms with Crippen molar-refractivity contribution in [2.75, 3.05) is 26.2 Å². The zero-order valence-electron chi connectivity index (χ0n) is 18.2. The molecule has 1 aromatic carbocycles. The summed E-state index contributed by atoms with van der Waals surface area (Å²) in [6.07, 6.45) is 2.32. The number of amides is 1. The summed E-state index contributed by atoms with van der Waals surface area (Å²) < 4.78 is 2.04. The van der Waals surface area contributed by atoms with Crippen LogP contribution in [0.15, 0.2) is 36.5 Å². The van der Waals surface area contributed by atoms with Gasteiger partial charge in [-0.05, 0) is 68.8 Å². The smallest absolute Gasteiger partial charge is 0.226 e. The number of fused-ring (bicyclic) bond motifs is 1. The normalized spacial score (nSPS) is 11.4. The summed E-state index contributed by atoms with van der Waals surface area (Å²) in [6, 6.07) is 10.5. The van der Waals surface area contributed by atoms with Crippen LogP contribution in [0.4, 0.5) is 0 Å². The maximum absolute atomic E-state index is 12.7. The van der Waals surface area contributed by atoms with E-state index in [1.807, 2.05) is 10.6 Å². The van der Waals surface area contributed by atoms with Gasteiger partial charge in [0.25, 0.3) is 0 Å². The van der Waals surface area contributed by atoms with E-state index in [0.29, 0.717) is 13.0 Å². The Bertz CT molecular complexity index is 1000. The first-order valence-corrected chi connectivity index (χ1v) is 10.5. The predicted octanol–water partition coefficient (Wildman–Crippen LogP) is 3.93. The first-order chi connectivity index (χ1) is 13.9. The summed E-state index contributed by atoms with van der Waals surface area (Å²) in [6.45, 7) is 14.1. The topological polar surface area (TPSA) is 49.6 Å². The molecule has 0 fully saturated rings. The number of aromatic nitrogens is 2. The molecule has 0 saturated heterocycles. The summed E-state index contributed by atoms with van der Waals surface area (Å²) in [5, 5.41) is 3.07. The molecule has 0 aliphatic heterocycles. The molecule has 3 aromatic rings. The van der Waals surface area contributed by atoms with Crippen molar-refractivity contribution >= 4 is 11.6 Å². The first kappa shape index (κ1) is 21.1. The molecule has 1 amide bonds. The van der Waals surface area contributed by atoms with E-state index in [4.69, 9.17) is 4.98 Å². The second kappa shape index (κ2) is 9.23. The van der Waals surface area contributed by atoms with Crippen LogP contribution in [0, 0.1) is 20.8 Å². The average molecular weight is 393 g/mol. The second-order valence-corrected chi connectivity index (χ2v) is 7.69. The van der Waals surface area contributed by atoms with Crippen LogP contribution in [0.1, 0.15) is 36.2 Å². The zero-order chi connectivity index (χ0) is 21.0. The van der Waals surface area contributed by atoms with Crippen LogP contribution in [0.2, 0.25) is 0 Å². The molecule has 0 aliphatic carbocycles. The Balaban J connectivity index is 1.89. The van der Waals surface area contributed by atoms with Gasteiger partial charge in [-0.25, -0.2) is 4.98 Å². The molecule has 2 aromatic heterocycles. The average Bonchev–Trinajstić information content (AvgIpc) is 3.04. The Morgan fingerprint density at radius 2 is 1.83 bits per heavy atom. The molecule has 154 valence electrons. The number of carbonyl (C=O) groups excluding carboxylic acids is 1. The Morgan fingerprint density at radius 3 is 2.52 bits per heavy atom. The molecule has 0 aliphatic rings. The Kier molecular flexibility index (Phi) is 6.70. The molecular weight excluding hydrogens is 360 g/mol. The standard InChI is InChI=1S/C24H32N4O/c1-6-27(7-2)13-11-25-23(29)16-21-24(20-9-8-18(4)19(5)15-20)26-22-14-17(3)10-12-28(21)22/h8-10,12,14-15H,6-7,11,13,16H2,1-5H3,(H,25,29). The Morgan fingerprint density at radius 1 is 1.07 bits per heavy atom. The minimum Gasteiger partial charge on any atom is -0.354 e. The van der Waals surface area contributed by atoms with Crippen LogP contribution in [0.25, 0.3) is 16.9 Å². The van der Waals surface area contributed by atoms with Crippen molar-refractivity contribution in [2.24, 2.45) is 0 Å². The van der Waals surface area contributed by atoms with Gasteiger partial charge in [0.1, 0.15) is 5.65 Å². The molecule has 5 nitrogen and oxygen atoms in total. The fourth-order valence-corrected chi connectivity index (χ4v) is 3.59. The minimum atomic E-state index is 0.0321. The molecule has 5 heteroatoms. The van der Waals surface area contributed by atoms with Gasteiger partial charge < -0.3 is 14.6 Å². The summed E-state index contributed by atoms with van der Waals surface area (Å²) in [5.74, 6) is 0.0321. The van der Waals surface area contributed by atoms with Crippen LogP contribution >= 0.6 is 0 Å². The molecule has 0 saturated carbocycles. The quantitative estimate of drug-likeness (QED) is 0.632. The fraction of sp³-hybridized carbons (Fsp3) is 0.417. The van der Waals surface area contributed by atoms with E-state index in [-0.39, 0.29) is 5.91 Å². The molecule has 2 heterocycles. The van der Waals surface area contributed by atoms with Gasteiger partial charge in [-0.2, -0.15) is 0 Å². The van der Waals surface area contributed by atoms with E-state index in [2.05, 4.69) is 75.2 Å². The van der Waals surface area contributed by atoms with Crippen molar-refractivity contribution in [2.45, 2.75) is 41.0 Å². The minimum absolute atomic E-state index is 0.0321. The van der Waals surface area contributed by atoms with Crippen LogP contribution in [-0.2, 0) is 11.2 Å². The molecule has 0 spiro atoms. The number of aryl methyl sites for hydroxylation is 3. The third-order valence-electron chi connectivity index (χ3n) is 5.63. The van der Waals surface area contributed by atoms with Gasteiger partial charge >= 0.3 is 0 Å². The second-order valence-electron chi connectivity index (χ2n) is 7.69. The maximum atomic E-state index is 12.7. The number of rotatable bonds is 8. The number of benzene rings is 1. The third-order valence-corrected chi connectivity index (χ3v) is 5.63. The van der Waals surface area contributed by atoms with E-state index >= 15 is 0 Å². The van der Waals surface area contributed by atoms with Crippen molar-refractivity contribution in [1.29, 1.82) is 0 Å². The van der Waals surface area contributed by atoms with Gasteiger partial charge in [-0.1, -0.05) is 26.0 Å². The van der Waals surface area contributed by atoms with Gasteiger partial charge in [-0.15, -0.1) is 0 Å². The summed E-state index contributed by atoms with van der Waals surface area (Å²) in [5.41, 5.74) is 7.39. The predicted molar refractivity (Wildman–Crippen MR) is 119 cm³/mol. The summed E-state index contributed by atoms with van der Waals surface area (Å²) >= 11 is 0. The van der Waals surface area contributed by atoms with E-state index in [1.54, 1.807) is 0 Å². The number of hydrogen-bond donors (Lipinski definition) is 1.